The van der Waals surface area contributed by atoms with Crippen LogP contribution in [-0.4, -0.2) is 25.7 Å². The summed E-state index contributed by atoms with van der Waals surface area (Å²) in [6, 6.07) is 10.4. The van der Waals surface area contributed by atoms with Crippen molar-refractivity contribution in [3.8, 4) is 11.8 Å². The summed E-state index contributed by atoms with van der Waals surface area (Å²) in [5.41, 5.74) is 0.569. The fourth-order valence-electron chi connectivity index (χ4n) is 1.85. The van der Waals surface area contributed by atoms with Crippen molar-refractivity contribution in [1.29, 1.82) is 0 Å². The van der Waals surface area contributed by atoms with Crippen LogP contribution in [0.4, 0.5) is 4.79 Å². The molecule has 0 amide bonds. The lowest BCUT2D eigenvalue weighted by Crippen LogP contribution is -2.09. The molecular weight excluding hydrogens is 246 g/mol. The maximum Gasteiger partial charge on any atom is 0.418 e. The Kier molecular flexibility index (Phi) is 2.60. The van der Waals surface area contributed by atoms with Crippen LogP contribution >= 0.6 is 0 Å². The monoisotopic (exact) mass is 255 g/mol. The average molecular weight is 255 g/mol. The molecule has 6 heteroatoms. The van der Waals surface area contributed by atoms with Gasteiger partial charge < -0.3 is 9.84 Å². The molecular formula is C13H9N3O3. The van der Waals surface area contributed by atoms with Gasteiger partial charge in [-0.25, -0.2) is 19.3 Å². The third-order valence-corrected chi connectivity index (χ3v) is 2.63. The molecule has 0 saturated heterocycles. The molecule has 3 aromatic rings. The first-order valence-electron chi connectivity index (χ1n) is 5.53. The van der Waals surface area contributed by atoms with Crippen molar-refractivity contribution in [2.75, 3.05) is 0 Å². The van der Waals surface area contributed by atoms with Gasteiger partial charge in [0.25, 0.3) is 0 Å². The number of aromatic nitrogens is 3. The van der Waals surface area contributed by atoms with Crippen LogP contribution in [0.3, 0.4) is 0 Å². The predicted molar refractivity (Wildman–Crippen MR) is 67.5 cm³/mol. The molecule has 0 saturated carbocycles. The second-order valence-corrected chi connectivity index (χ2v) is 3.81. The van der Waals surface area contributed by atoms with Gasteiger partial charge in [0, 0.05) is 23.7 Å². The van der Waals surface area contributed by atoms with Crippen LogP contribution in [0.25, 0.3) is 10.9 Å². The van der Waals surface area contributed by atoms with Crippen molar-refractivity contribution in [1.82, 2.24) is 14.5 Å². The summed E-state index contributed by atoms with van der Waals surface area (Å²) in [7, 11) is 0. The Hall–Kier alpha value is -2.89. The lowest BCUT2D eigenvalue weighted by molar-refractivity contribution is 0.195. The molecule has 1 N–H and O–H groups in total. The highest BCUT2D eigenvalue weighted by molar-refractivity contribution is 5.91. The summed E-state index contributed by atoms with van der Waals surface area (Å²) < 4.78 is 6.57. The van der Waals surface area contributed by atoms with E-state index in [1.807, 2.05) is 12.1 Å². The molecule has 94 valence electrons. The van der Waals surface area contributed by atoms with Crippen molar-refractivity contribution in [3.63, 3.8) is 0 Å². The van der Waals surface area contributed by atoms with Crippen LogP contribution in [-0.2, 0) is 0 Å². The van der Waals surface area contributed by atoms with E-state index in [0.29, 0.717) is 11.4 Å². The zero-order valence-electron chi connectivity index (χ0n) is 9.72. The highest BCUT2D eigenvalue weighted by Gasteiger charge is 2.15. The largest absolute Gasteiger partial charge is 0.464 e. The van der Waals surface area contributed by atoms with E-state index in [4.69, 9.17) is 4.74 Å². The topological polar surface area (TPSA) is 77.2 Å². The Bertz CT molecular complexity index is 737. The highest BCUT2D eigenvalue weighted by atomic mass is 16.5. The van der Waals surface area contributed by atoms with E-state index >= 15 is 0 Å². The third kappa shape index (κ3) is 1.99. The van der Waals surface area contributed by atoms with E-state index in [1.165, 1.54) is 12.5 Å². The molecule has 0 fully saturated rings. The van der Waals surface area contributed by atoms with Crippen molar-refractivity contribution in [3.05, 3.63) is 48.9 Å². The molecule has 0 aliphatic carbocycles. The lowest BCUT2D eigenvalue weighted by Gasteiger charge is -2.05. The Labute approximate surface area is 107 Å². The fraction of sp³-hybridized carbons (Fsp3) is 0. The number of carboxylic acid groups (broad SMARTS) is 1. The SMILES string of the molecule is O=C(O)n1c(Oc2ccncn2)cc2ccccc21. The number of fused-ring (bicyclic) bond motifs is 1. The molecule has 0 bridgehead atoms. The molecule has 1 aromatic carbocycles. The van der Waals surface area contributed by atoms with Gasteiger partial charge in [0.05, 0.1) is 5.52 Å². The molecule has 6 nitrogen and oxygen atoms in total. The summed E-state index contributed by atoms with van der Waals surface area (Å²) in [5, 5.41) is 10.1. The Morgan fingerprint density at radius 3 is 2.84 bits per heavy atom. The summed E-state index contributed by atoms with van der Waals surface area (Å²) in [6.45, 7) is 0. The maximum absolute atomic E-state index is 11.3. The van der Waals surface area contributed by atoms with Gasteiger partial charge in [0.2, 0.25) is 11.8 Å². The quantitative estimate of drug-likeness (QED) is 0.761. The van der Waals surface area contributed by atoms with E-state index in [9.17, 15) is 9.90 Å². The minimum Gasteiger partial charge on any atom is -0.464 e. The van der Waals surface area contributed by atoms with Crippen molar-refractivity contribution < 1.29 is 14.6 Å². The number of rotatable bonds is 2. The second-order valence-electron chi connectivity index (χ2n) is 3.81. The van der Waals surface area contributed by atoms with Crippen LogP contribution in [0.15, 0.2) is 48.9 Å². The molecule has 0 atom stereocenters. The van der Waals surface area contributed by atoms with E-state index in [0.717, 1.165) is 9.95 Å². The molecule has 2 heterocycles. The zero-order chi connectivity index (χ0) is 13.2. The van der Waals surface area contributed by atoms with Gasteiger partial charge in [-0.1, -0.05) is 18.2 Å². The smallest absolute Gasteiger partial charge is 0.418 e. The van der Waals surface area contributed by atoms with Gasteiger partial charge in [0.1, 0.15) is 6.33 Å². The fourth-order valence-corrected chi connectivity index (χ4v) is 1.85. The van der Waals surface area contributed by atoms with Crippen LogP contribution < -0.4 is 4.74 Å². The lowest BCUT2D eigenvalue weighted by atomic mass is 10.2. The normalized spacial score (nSPS) is 10.5. The Morgan fingerprint density at radius 1 is 1.26 bits per heavy atom. The predicted octanol–water partition coefficient (Wildman–Crippen LogP) is 2.75. The molecule has 2 aromatic heterocycles. The van der Waals surface area contributed by atoms with Gasteiger partial charge >= 0.3 is 6.09 Å². The first-order chi connectivity index (χ1) is 9.25. The second kappa shape index (κ2) is 4.41. The first-order valence-corrected chi connectivity index (χ1v) is 5.53. The number of para-hydroxylation sites is 1. The standard InChI is InChI=1S/C13H9N3O3/c17-13(18)16-10-4-2-1-3-9(10)7-12(16)19-11-5-6-14-8-15-11/h1-8H,(H,17,18). The van der Waals surface area contributed by atoms with Gasteiger partial charge in [0.15, 0.2) is 0 Å². The summed E-state index contributed by atoms with van der Waals surface area (Å²) in [5.74, 6) is 0.493. The average Bonchev–Trinajstić information content (AvgIpc) is 2.77. The summed E-state index contributed by atoms with van der Waals surface area (Å²) >= 11 is 0. The molecule has 0 aliphatic rings. The third-order valence-electron chi connectivity index (χ3n) is 2.63. The van der Waals surface area contributed by atoms with Gasteiger partial charge in [-0.2, -0.15) is 0 Å². The Balaban J connectivity index is 2.13. The molecule has 0 radical (unpaired) electrons. The molecule has 3 rings (SSSR count). The molecule has 0 unspecified atom stereocenters. The van der Waals surface area contributed by atoms with Crippen LogP contribution in [0.1, 0.15) is 0 Å². The number of benzene rings is 1. The number of hydrogen-bond acceptors (Lipinski definition) is 4. The van der Waals surface area contributed by atoms with Gasteiger partial charge in [-0.15, -0.1) is 0 Å². The number of nitrogens with zero attached hydrogens (tertiary/aromatic N) is 3. The van der Waals surface area contributed by atoms with E-state index < -0.39 is 6.09 Å². The van der Waals surface area contributed by atoms with Crippen LogP contribution in [0.5, 0.6) is 11.8 Å². The van der Waals surface area contributed by atoms with E-state index in [-0.39, 0.29) is 5.88 Å². The first kappa shape index (κ1) is 11.2. The number of hydrogen-bond donors (Lipinski definition) is 1. The Morgan fingerprint density at radius 2 is 2.11 bits per heavy atom. The van der Waals surface area contributed by atoms with Crippen LogP contribution in [0, 0.1) is 0 Å². The minimum absolute atomic E-state index is 0.201. The summed E-state index contributed by atoms with van der Waals surface area (Å²) in [4.78, 5) is 19.0. The van der Waals surface area contributed by atoms with Crippen LogP contribution in [0.2, 0.25) is 0 Å². The van der Waals surface area contributed by atoms with E-state index in [1.54, 1.807) is 24.3 Å². The van der Waals surface area contributed by atoms with Crippen molar-refractivity contribution in [2.24, 2.45) is 0 Å². The van der Waals surface area contributed by atoms with Crippen molar-refractivity contribution in [2.45, 2.75) is 0 Å². The van der Waals surface area contributed by atoms with Gasteiger partial charge in [-0.3, -0.25) is 0 Å². The number of carbonyl (C=O) groups is 1. The van der Waals surface area contributed by atoms with E-state index in [2.05, 4.69) is 9.97 Å². The maximum atomic E-state index is 11.3. The molecule has 0 spiro atoms. The number of ether oxygens (including phenoxy) is 1. The van der Waals surface area contributed by atoms with Crippen molar-refractivity contribution >= 4 is 17.0 Å². The zero-order valence-corrected chi connectivity index (χ0v) is 9.72. The molecule has 19 heavy (non-hydrogen) atoms. The van der Waals surface area contributed by atoms with Gasteiger partial charge in [-0.05, 0) is 6.07 Å². The highest BCUT2D eigenvalue weighted by Crippen LogP contribution is 2.28. The minimum atomic E-state index is -1.11. The summed E-state index contributed by atoms with van der Waals surface area (Å²) in [6.07, 6.45) is 1.75. The molecule has 0 aliphatic heterocycles.